The second-order valence-electron chi connectivity index (χ2n) is 5.66. The molecule has 0 fully saturated rings. The normalized spacial score (nSPS) is 12.2. The number of nitrogens with two attached hydrogens (primary N) is 1. The van der Waals surface area contributed by atoms with Gasteiger partial charge in [0.25, 0.3) is 0 Å². The lowest BCUT2D eigenvalue weighted by atomic mass is 9.94. The molecule has 1 unspecified atom stereocenters. The van der Waals surface area contributed by atoms with Gasteiger partial charge < -0.3 is 20.9 Å². The summed E-state index contributed by atoms with van der Waals surface area (Å²) in [6.07, 6.45) is 2.94. The minimum Gasteiger partial charge on any atom is -0.487 e. The Morgan fingerprint density at radius 3 is 2.64 bits per heavy atom. The number of aliphatic hydroxyl groups excluding tert-OH is 1. The number of aldehydes is 1. The Hall–Kier alpha value is -2.63. The average Bonchev–Trinajstić information content (AvgIpc) is 2.64. The van der Waals surface area contributed by atoms with Crippen LogP contribution in [0.4, 0.5) is 5.69 Å². The van der Waals surface area contributed by atoms with Gasteiger partial charge in [0.15, 0.2) is 0 Å². The van der Waals surface area contributed by atoms with Crippen LogP contribution in [-0.4, -0.2) is 25.0 Å². The van der Waals surface area contributed by atoms with Crippen LogP contribution in [0.3, 0.4) is 0 Å². The maximum atomic E-state index is 10.8. The van der Waals surface area contributed by atoms with E-state index in [4.69, 9.17) is 10.5 Å². The minimum absolute atomic E-state index is 0.0934. The SMILES string of the molecule is CNc1c(OCc2ccccc2)cc(C)c(C(O)CN)c1/C=C\C=O. The van der Waals surface area contributed by atoms with E-state index in [9.17, 15) is 9.90 Å². The van der Waals surface area contributed by atoms with E-state index in [0.29, 0.717) is 35.5 Å². The summed E-state index contributed by atoms with van der Waals surface area (Å²) in [6.45, 7) is 2.40. The number of benzene rings is 2. The maximum Gasteiger partial charge on any atom is 0.143 e. The molecule has 0 saturated heterocycles. The molecule has 0 aliphatic carbocycles. The molecule has 0 heterocycles. The molecular weight excluding hydrogens is 316 g/mol. The fraction of sp³-hybridized carbons (Fsp3) is 0.250. The Morgan fingerprint density at radius 1 is 1.32 bits per heavy atom. The van der Waals surface area contributed by atoms with Gasteiger partial charge in [-0.15, -0.1) is 0 Å². The van der Waals surface area contributed by atoms with Gasteiger partial charge in [0.2, 0.25) is 0 Å². The van der Waals surface area contributed by atoms with Gasteiger partial charge in [-0.2, -0.15) is 0 Å². The molecule has 25 heavy (non-hydrogen) atoms. The van der Waals surface area contributed by atoms with Gasteiger partial charge in [-0.05, 0) is 41.8 Å². The Kier molecular flexibility index (Phi) is 6.74. The largest absolute Gasteiger partial charge is 0.487 e. The van der Waals surface area contributed by atoms with E-state index in [1.165, 1.54) is 6.08 Å². The second kappa shape index (κ2) is 9.01. The van der Waals surface area contributed by atoms with Crippen LogP contribution in [0.1, 0.15) is 28.4 Å². The molecule has 2 aromatic carbocycles. The Morgan fingerprint density at radius 2 is 2.04 bits per heavy atom. The van der Waals surface area contributed by atoms with Gasteiger partial charge in [0.05, 0.1) is 11.8 Å². The van der Waals surface area contributed by atoms with E-state index in [1.807, 2.05) is 43.3 Å². The predicted molar refractivity (Wildman–Crippen MR) is 101 cm³/mol. The molecule has 1 atom stereocenters. The van der Waals surface area contributed by atoms with Crippen molar-refractivity contribution >= 4 is 18.0 Å². The van der Waals surface area contributed by atoms with Crippen molar-refractivity contribution in [2.45, 2.75) is 19.6 Å². The van der Waals surface area contributed by atoms with Crippen molar-refractivity contribution in [3.8, 4) is 5.75 Å². The molecule has 0 spiro atoms. The number of carbonyl (C=O) groups excluding carboxylic acids is 1. The molecular formula is C20H24N2O3. The first-order valence-corrected chi connectivity index (χ1v) is 8.14. The molecule has 5 heteroatoms. The number of hydrogen-bond acceptors (Lipinski definition) is 5. The number of nitrogens with one attached hydrogen (secondary N) is 1. The number of hydrogen-bond donors (Lipinski definition) is 3. The number of anilines is 1. The molecule has 4 N–H and O–H groups in total. The van der Waals surface area contributed by atoms with Crippen LogP contribution in [0.15, 0.2) is 42.5 Å². The molecule has 0 radical (unpaired) electrons. The highest BCUT2D eigenvalue weighted by Crippen LogP contribution is 2.37. The van der Waals surface area contributed by atoms with E-state index in [2.05, 4.69) is 5.32 Å². The Balaban J connectivity index is 2.47. The molecule has 0 saturated carbocycles. The van der Waals surface area contributed by atoms with Crippen LogP contribution in [0.5, 0.6) is 5.75 Å². The van der Waals surface area contributed by atoms with Crippen LogP contribution in [0, 0.1) is 6.92 Å². The Bertz CT molecular complexity index is 742. The molecule has 2 rings (SSSR count). The first-order chi connectivity index (χ1) is 12.1. The zero-order valence-corrected chi connectivity index (χ0v) is 14.5. The second-order valence-corrected chi connectivity index (χ2v) is 5.66. The summed E-state index contributed by atoms with van der Waals surface area (Å²) in [5, 5.41) is 13.4. The van der Waals surface area contributed by atoms with E-state index >= 15 is 0 Å². The third kappa shape index (κ3) is 4.47. The monoisotopic (exact) mass is 340 g/mol. The maximum absolute atomic E-state index is 10.8. The van der Waals surface area contributed by atoms with Gasteiger partial charge in [-0.1, -0.05) is 30.3 Å². The zero-order chi connectivity index (χ0) is 18.2. The van der Waals surface area contributed by atoms with Crippen molar-refractivity contribution in [3.05, 3.63) is 64.7 Å². The number of rotatable bonds is 8. The van der Waals surface area contributed by atoms with Crippen LogP contribution < -0.4 is 15.8 Å². The summed E-state index contributed by atoms with van der Waals surface area (Å²) in [7, 11) is 1.77. The smallest absolute Gasteiger partial charge is 0.143 e. The first kappa shape index (κ1) is 18.7. The standard InChI is InChI=1S/C20H24N2O3/c1-14-11-18(25-13-15-7-4-3-5-8-15)20(22-2)16(9-6-10-23)19(14)17(24)12-21/h3-11,17,22,24H,12-13,21H2,1-2H3/b9-6-. The number of aliphatic hydroxyl groups is 1. The predicted octanol–water partition coefficient (Wildman–Crippen LogP) is 2.82. The lowest BCUT2D eigenvalue weighted by molar-refractivity contribution is -0.104. The van der Waals surface area contributed by atoms with Gasteiger partial charge in [-0.3, -0.25) is 4.79 Å². The molecule has 0 aromatic heterocycles. The summed E-state index contributed by atoms with van der Waals surface area (Å²) in [5.74, 6) is 0.655. The summed E-state index contributed by atoms with van der Waals surface area (Å²) in [4.78, 5) is 10.8. The summed E-state index contributed by atoms with van der Waals surface area (Å²) in [6, 6.07) is 11.7. The van der Waals surface area contributed by atoms with Gasteiger partial charge in [0, 0.05) is 19.2 Å². The van der Waals surface area contributed by atoms with Crippen molar-refractivity contribution in [2.24, 2.45) is 5.73 Å². The van der Waals surface area contributed by atoms with Crippen molar-refractivity contribution in [2.75, 3.05) is 18.9 Å². The topological polar surface area (TPSA) is 84.6 Å². The van der Waals surface area contributed by atoms with Crippen molar-refractivity contribution in [1.82, 2.24) is 0 Å². The van der Waals surface area contributed by atoms with E-state index in [-0.39, 0.29) is 6.54 Å². The van der Waals surface area contributed by atoms with Crippen molar-refractivity contribution < 1.29 is 14.6 Å². The summed E-state index contributed by atoms with van der Waals surface area (Å²) >= 11 is 0. The lowest BCUT2D eigenvalue weighted by Gasteiger charge is -2.22. The number of ether oxygens (including phenoxy) is 1. The van der Waals surface area contributed by atoms with Crippen molar-refractivity contribution in [3.63, 3.8) is 0 Å². The van der Waals surface area contributed by atoms with Crippen molar-refractivity contribution in [1.29, 1.82) is 0 Å². The lowest BCUT2D eigenvalue weighted by Crippen LogP contribution is -2.15. The number of aryl methyl sites for hydroxylation is 1. The molecule has 2 aromatic rings. The zero-order valence-electron chi connectivity index (χ0n) is 14.5. The van der Waals surface area contributed by atoms with Crippen LogP contribution in [0.25, 0.3) is 6.08 Å². The molecule has 0 amide bonds. The molecule has 132 valence electrons. The van der Waals surface area contributed by atoms with E-state index in [0.717, 1.165) is 11.1 Å². The quantitative estimate of drug-likeness (QED) is 0.508. The molecule has 0 aliphatic heterocycles. The third-order valence-corrected chi connectivity index (χ3v) is 3.96. The molecule has 0 bridgehead atoms. The highest BCUT2D eigenvalue weighted by Gasteiger charge is 2.19. The third-order valence-electron chi connectivity index (χ3n) is 3.96. The highest BCUT2D eigenvalue weighted by atomic mass is 16.5. The van der Waals surface area contributed by atoms with Crippen LogP contribution in [-0.2, 0) is 11.4 Å². The van der Waals surface area contributed by atoms with Crippen LogP contribution >= 0.6 is 0 Å². The number of allylic oxidation sites excluding steroid dienone is 1. The first-order valence-electron chi connectivity index (χ1n) is 8.14. The minimum atomic E-state index is -0.818. The van der Waals surface area contributed by atoms with E-state index in [1.54, 1.807) is 13.1 Å². The van der Waals surface area contributed by atoms with Gasteiger partial charge in [-0.25, -0.2) is 0 Å². The fourth-order valence-electron chi connectivity index (χ4n) is 2.80. The van der Waals surface area contributed by atoms with E-state index < -0.39 is 6.10 Å². The molecule has 5 nitrogen and oxygen atoms in total. The molecule has 0 aliphatic rings. The Labute approximate surface area is 148 Å². The van der Waals surface area contributed by atoms with Gasteiger partial charge in [0.1, 0.15) is 18.6 Å². The van der Waals surface area contributed by atoms with Gasteiger partial charge >= 0.3 is 0 Å². The summed E-state index contributed by atoms with van der Waals surface area (Å²) < 4.78 is 5.99. The van der Waals surface area contributed by atoms with Crippen LogP contribution in [0.2, 0.25) is 0 Å². The highest BCUT2D eigenvalue weighted by molar-refractivity contribution is 5.82. The average molecular weight is 340 g/mol. The summed E-state index contributed by atoms with van der Waals surface area (Å²) in [5.41, 5.74) is 9.65. The fourth-order valence-corrected chi connectivity index (χ4v) is 2.80. The number of carbonyl (C=O) groups is 1.